The molecular formula is C17H20N2O2. The first-order chi connectivity index (χ1) is 10.1. The highest BCUT2D eigenvalue weighted by molar-refractivity contribution is 5.76. The molecule has 110 valence electrons. The monoisotopic (exact) mass is 284 g/mol. The quantitative estimate of drug-likeness (QED) is 0.884. The summed E-state index contributed by atoms with van der Waals surface area (Å²) in [6.07, 6.45) is 0.469. The lowest BCUT2D eigenvalue weighted by Gasteiger charge is -2.12. The number of hydrogen-bond donors (Lipinski definition) is 1. The van der Waals surface area contributed by atoms with E-state index in [9.17, 15) is 4.79 Å². The second-order valence-electron chi connectivity index (χ2n) is 4.91. The third-order valence-corrected chi connectivity index (χ3v) is 2.98. The van der Waals surface area contributed by atoms with Crippen LogP contribution in [0.3, 0.4) is 0 Å². The zero-order valence-corrected chi connectivity index (χ0v) is 12.4. The number of carbonyl (C=O) groups excluding carboxylic acids is 1. The van der Waals surface area contributed by atoms with Crippen molar-refractivity contribution in [2.75, 3.05) is 26.0 Å². The molecule has 0 aliphatic rings. The predicted molar refractivity (Wildman–Crippen MR) is 84.8 cm³/mol. The summed E-state index contributed by atoms with van der Waals surface area (Å²) in [5, 5.41) is 3.23. The molecule has 0 unspecified atom stereocenters. The van der Waals surface area contributed by atoms with Gasteiger partial charge in [0.05, 0.1) is 0 Å². The van der Waals surface area contributed by atoms with E-state index in [-0.39, 0.29) is 5.91 Å². The summed E-state index contributed by atoms with van der Waals surface area (Å²) in [7, 11) is 3.52. The lowest BCUT2D eigenvalue weighted by atomic mass is 10.3. The van der Waals surface area contributed by atoms with Gasteiger partial charge in [-0.15, -0.1) is 0 Å². The van der Waals surface area contributed by atoms with Crippen LogP contribution < -0.4 is 10.1 Å². The van der Waals surface area contributed by atoms with Crippen molar-refractivity contribution < 1.29 is 9.53 Å². The summed E-state index contributed by atoms with van der Waals surface area (Å²) in [4.78, 5) is 13.1. The Balaban J connectivity index is 1.90. The van der Waals surface area contributed by atoms with Gasteiger partial charge in [-0.3, -0.25) is 4.79 Å². The summed E-state index contributed by atoms with van der Waals surface area (Å²) in [5.41, 5.74) is 0.940. The summed E-state index contributed by atoms with van der Waals surface area (Å²) >= 11 is 0. The van der Waals surface area contributed by atoms with Crippen molar-refractivity contribution in [1.82, 2.24) is 4.90 Å². The smallest absolute Gasteiger partial charge is 0.223 e. The first-order valence-corrected chi connectivity index (χ1v) is 6.92. The third kappa shape index (κ3) is 4.84. The fraction of sp³-hybridized carbons (Fsp3) is 0.235. The van der Waals surface area contributed by atoms with Gasteiger partial charge < -0.3 is 15.0 Å². The zero-order valence-electron chi connectivity index (χ0n) is 12.4. The lowest BCUT2D eigenvalue weighted by molar-refractivity contribution is -0.128. The van der Waals surface area contributed by atoms with Gasteiger partial charge >= 0.3 is 0 Å². The average molecular weight is 284 g/mol. The Kier molecular flexibility index (Phi) is 5.21. The van der Waals surface area contributed by atoms with Crippen molar-refractivity contribution in [3.05, 3.63) is 54.6 Å². The van der Waals surface area contributed by atoms with Crippen LogP contribution in [0.1, 0.15) is 6.42 Å². The number of anilines is 1. The number of carbonyl (C=O) groups is 1. The fourth-order valence-corrected chi connectivity index (χ4v) is 1.83. The maximum Gasteiger partial charge on any atom is 0.223 e. The van der Waals surface area contributed by atoms with E-state index in [0.29, 0.717) is 13.0 Å². The summed E-state index contributed by atoms with van der Waals surface area (Å²) in [6, 6.07) is 17.4. The number of para-hydroxylation sites is 1. The molecule has 0 spiro atoms. The largest absolute Gasteiger partial charge is 0.457 e. The molecule has 0 fully saturated rings. The van der Waals surface area contributed by atoms with Crippen LogP contribution in [-0.2, 0) is 4.79 Å². The number of benzene rings is 2. The van der Waals surface area contributed by atoms with Gasteiger partial charge in [0.2, 0.25) is 5.91 Å². The van der Waals surface area contributed by atoms with Crippen LogP contribution in [0.4, 0.5) is 5.69 Å². The minimum Gasteiger partial charge on any atom is -0.457 e. The highest BCUT2D eigenvalue weighted by atomic mass is 16.5. The molecule has 0 radical (unpaired) electrons. The van der Waals surface area contributed by atoms with Crippen LogP contribution in [0, 0.1) is 0 Å². The highest BCUT2D eigenvalue weighted by Gasteiger charge is 2.03. The number of amides is 1. The van der Waals surface area contributed by atoms with Crippen LogP contribution >= 0.6 is 0 Å². The molecule has 4 nitrogen and oxygen atoms in total. The SMILES string of the molecule is CN(C)C(=O)CCNc1cccc(Oc2ccccc2)c1. The van der Waals surface area contributed by atoms with E-state index in [2.05, 4.69) is 5.32 Å². The van der Waals surface area contributed by atoms with E-state index >= 15 is 0 Å². The number of rotatable bonds is 6. The minimum absolute atomic E-state index is 0.110. The molecule has 0 aromatic heterocycles. The van der Waals surface area contributed by atoms with Crippen molar-refractivity contribution in [3.8, 4) is 11.5 Å². The molecule has 2 aromatic carbocycles. The second-order valence-corrected chi connectivity index (χ2v) is 4.91. The Labute approximate surface area is 125 Å². The Morgan fingerprint density at radius 2 is 1.76 bits per heavy atom. The van der Waals surface area contributed by atoms with Gasteiger partial charge in [-0.25, -0.2) is 0 Å². The lowest BCUT2D eigenvalue weighted by Crippen LogP contribution is -2.23. The van der Waals surface area contributed by atoms with Crippen molar-refractivity contribution in [1.29, 1.82) is 0 Å². The van der Waals surface area contributed by atoms with Crippen LogP contribution in [0.2, 0.25) is 0 Å². The highest BCUT2D eigenvalue weighted by Crippen LogP contribution is 2.23. The van der Waals surface area contributed by atoms with Crippen LogP contribution in [0.5, 0.6) is 11.5 Å². The molecule has 0 heterocycles. The number of nitrogens with one attached hydrogen (secondary N) is 1. The molecule has 2 rings (SSSR count). The molecular weight excluding hydrogens is 264 g/mol. The van der Waals surface area contributed by atoms with E-state index in [1.54, 1.807) is 19.0 Å². The molecule has 0 saturated heterocycles. The first kappa shape index (κ1) is 14.9. The summed E-state index contributed by atoms with van der Waals surface area (Å²) in [5.74, 6) is 1.68. The van der Waals surface area contributed by atoms with Crippen molar-refractivity contribution in [3.63, 3.8) is 0 Å². The van der Waals surface area contributed by atoms with Crippen molar-refractivity contribution >= 4 is 11.6 Å². The normalized spacial score (nSPS) is 10.0. The third-order valence-electron chi connectivity index (χ3n) is 2.98. The molecule has 0 aliphatic carbocycles. The van der Waals surface area contributed by atoms with Gasteiger partial charge in [0, 0.05) is 38.8 Å². The Hall–Kier alpha value is -2.49. The minimum atomic E-state index is 0.110. The summed E-state index contributed by atoms with van der Waals surface area (Å²) < 4.78 is 5.77. The van der Waals surface area contributed by atoms with E-state index in [0.717, 1.165) is 17.2 Å². The summed E-state index contributed by atoms with van der Waals surface area (Å²) in [6.45, 7) is 0.603. The Morgan fingerprint density at radius 3 is 2.48 bits per heavy atom. The van der Waals surface area contributed by atoms with Gasteiger partial charge in [0.15, 0.2) is 0 Å². The number of nitrogens with zero attached hydrogens (tertiary/aromatic N) is 1. The van der Waals surface area contributed by atoms with E-state index in [1.807, 2.05) is 54.6 Å². The van der Waals surface area contributed by atoms with Crippen LogP contribution in [-0.4, -0.2) is 31.4 Å². The van der Waals surface area contributed by atoms with E-state index in [4.69, 9.17) is 4.74 Å². The molecule has 1 amide bonds. The Morgan fingerprint density at radius 1 is 1.05 bits per heavy atom. The van der Waals surface area contributed by atoms with Gasteiger partial charge in [-0.05, 0) is 24.3 Å². The van der Waals surface area contributed by atoms with Gasteiger partial charge in [0.1, 0.15) is 11.5 Å². The van der Waals surface area contributed by atoms with Crippen LogP contribution in [0.25, 0.3) is 0 Å². The molecule has 0 bridgehead atoms. The van der Waals surface area contributed by atoms with Crippen molar-refractivity contribution in [2.45, 2.75) is 6.42 Å². The predicted octanol–water partition coefficient (Wildman–Crippen LogP) is 3.37. The van der Waals surface area contributed by atoms with E-state index in [1.165, 1.54) is 0 Å². The molecule has 0 atom stereocenters. The fourth-order valence-electron chi connectivity index (χ4n) is 1.83. The average Bonchev–Trinajstić information content (AvgIpc) is 2.48. The maximum absolute atomic E-state index is 11.5. The molecule has 21 heavy (non-hydrogen) atoms. The molecule has 4 heteroatoms. The number of ether oxygens (including phenoxy) is 1. The first-order valence-electron chi connectivity index (χ1n) is 6.92. The topological polar surface area (TPSA) is 41.6 Å². The van der Waals surface area contributed by atoms with Crippen molar-refractivity contribution in [2.24, 2.45) is 0 Å². The molecule has 0 saturated carbocycles. The van der Waals surface area contributed by atoms with Crippen LogP contribution in [0.15, 0.2) is 54.6 Å². The maximum atomic E-state index is 11.5. The number of hydrogen-bond acceptors (Lipinski definition) is 3. The standard InChI is InChI=1S/C17H20N2O2/c1-19(2)17(20)11-12-18-14-7-6-10-16(13-14)21-15-8-4-3-5-9-15/h3-10,13,18H,11-12H2,1-2H3. The Bertz CT molecular complexity index is 582. The second kappa shape index (κ2) is 7.33. The van der Waals surface area contributed by atoms with Gasteiger partial charge in [0.25, 0.3) is 0 Å². The van der Waals surface area contributed by atoms with E-state index < -0.39 is 0 Å². The van der Waals surface area contributed by atoms with Gasteiger partial charge in [-0.2, -0.15) is 0 Å². The zero-order chi connectivity index (χ0) is 15.1. The molecule has 0 aliphatic heterocycles. The van der Waals surface area contributed by atoms with Gasteiger partial charge in [-0.1, -0.05) is 24.3 Å². The molecule has 1 N–H and O–H groups in total. The molecule has 2 aromatic rings.